The van der Waals surface area contributed by atoms with Gasteiger partial charge < -0.3 is 14.6 Å². The first kappa shape index (κ1) is 14.2. The number of morpholine rings is 1. The number of rotatable bonds is 5. The Balaban J connectivity index is 1.62. The number of nitrogens with one attached hydrogen (secondary N) is 1. The molecule has 112 valence electrons. The molecule has 21 heavy (non-hydrogen) atoms. The van der Waals surface area contributed by atoms with Crippen LogP contribution in [0.4, 0.5) is 0 Å². The average Bonchev–Trinajstić information content (AvgIpc) is 2.97. The van der Waals surface area contributed by atoms with Gasteiger partial charge in [-0.3, -0.25) is 4.90 Å². The molecule has 6 heteroatoms. The van der Waals surface area contributed by atoms with Crippen LogP contribution in [0.1, 0.15) is 5.82 Å². The molecule has 0 spiro atoms. The molecule has 1 aliphatic heterocycles. The van der Waals surface area contributed by atoms with E-state index in [1.54, 1.807) is 0 Å². The van der Waals surface area contributed by atoms with Gasteiger partial charge in [0, 0.05) is 25.2 Å². The zero-order valence-electron chi connectivity index (χ0n) is 12.2. The minimum atomic E-state index is 0.226. The Labute approximate surface area is 124 Å². The lowest BCUT2D eigenvalue weighted by Gasteiger charge is -2.31. The first-order valence-electron chi connectivity index (χ1n) is 7.21. The third kappa shape index (κ3) is 3.66. The quantitative estimate of drug-likeness (QED) is 0.890. The lowest BCUT2D eigenvalue weighted by molar-refractivity contribution is -0.0300. The fourth-order valence-corrected chi connectivity index (χ4v) is 2.49. The molecule has 1 aromatic carbocycles. The van der Waals surface area contributed by atoms with Crippen molar-refractivity contribution in [1.29, 1.82) is 0 Å². The van der Waals surface area contributed by atoms with Crippen molar-refractivity contribution >= 4 is 0 Å². The first-order valence-corrected chi connectivity index (χ1v) is 7.21. The number of ether oxygens (including phenoxy) is 1. The second-order valence-corrected chi connectivity index (χ2v) is 5.17. The van der Waals surface area contributed by atoms with E-state index in [2.05, 4.69) is 20.4 Å². The van der Waals surface area contributed by atoms with Crippen LogP contribution in [0, 0.1) is 0 Å². The third-order valence-corrected chi connectivity index (χ3v) is 3.51. The monoisotopic (exact) mass is 288 g/mol. The maximum Gasteiger partial charge on any atom is 0.257 e. The molecule has 0 bridgehead atoms. The minimum Gasteiger partial charge on any atom is -0.374 e. The molecule has 3 rings (SSSR count). The molecule has 0 amide bonds. The summed E-state index contributed by atoms with van der Waals surface area (Å²) in [5, 5.41) is 7.22. The van der Waals surface area contributed by atoms with E-state index in [9.17, 15) is 0 Å². The predicted molar refractivity (Wildman–Crippen MR) is 78.7 cm³/mol. The molecule has 0 radical (unpaired) electrons. The van der Waals surface area contributed by atoms with Gasteiger partial charge in [0.25, 0.3) is 5.89 Å². The lowest BCUT2D eigenvalue weighted by atomic mass is 10.2. The van der Waals surface area contributed by atoms with E-state index < -0.39 is 0 Å². The summed E-state index contributed by atoms with van der Waals surface area (Å²) >= 11 is 0. The van der Waals surface area contributed by atoms with Crippen LogP contribution in [-0.4, -0.2) is 54.4 Å². The Morgan fingerprint density at radius 1 is 1.33 bits per heavy atom. The van der Waals surface area contributed by atoms with E-state index in [0.29, 0.717) is 12.4 Å². The van der Waals surface area contributed by atoms with Gasteiger partial charge in [0.1, 0.15) is 0 Å². The Bertz CT molecular complexity index is 556. The van der Waals surface area contributed by atoms with Gasteiger partial charge in [-0.2, -0.15) is 4.98 Å². The van der Waals surface area contributed by atoms with E-state index >= 15 is 0 Å². The average molecular weight is 288 g/mol. The maximum absolute atomic E-state index is 5.69. The van der Waals surface area contributed by atoms with Crippen molar-refractivity contribution in [1.82, 2.24) is 20.4 Å². The summed E-state index contributed by atoms with van der Waals surface area (Å²) in [6.07, 6.45) is 0.226. The van der Waals surface area contributed by atoms with Crippen LogP contribution < -0.4 is 5.32 Å². The molecule has 1 aliphatic rings. The second kappa shape index (κ2) is 6.80. The number of aromatic nitrogens is 2. The van der Waals surface area contributed by atoms with Crippen LogP contribution in [-0.2, 0) is 11.3 Å². The molecule has 1 aromatic heterocycles. The molecular formula is C15H20N4O2. The summed E-state index contributed by atoms with van der Waals surface area (Å²) in [7, 11) is 1.94. The molecule has 0 aliphatic carbocycles. The van der Waals surface area contributed by atoms with Gasteiger partial charge in [0.05, 0.1) is 19.3 Å². The summed E-state index contributed by atoms with van der Waals surface area (Å²) in [4.78, 5) is 6.77. The van der Waals surface area contributed by atoms with Crippen molar-refractivity contribution in [3.05, 3.63) is 36.2 Å². The van der Waals surface area contributed by atoms with Crippen LogP contribution in [0.15, 0.2) is 34.9 Å². The Kier molecular flexibility index (Phi) is 4.59. The Morgan fingerprint density at radius 2 is 2.19 bits per heavy atom. The smallest absolute Gasteiger partial charge is 0.257 e. The van der Waals surface area contributed by atoms with Gasteiger partial charge in [-0.05, 0) is 19.2 Å². The molecule has 6 nitrogen and oxygen atoms in total. The summed E-state index contributed by atoms with van der Waals surface area (Å²) in [6.45, 7) is 4.08. The molecule has 1 unspecified atom stereocenters. The minimum absolute atomic E-state index is 0.226. The normalized spacial score (nSPS) is 19.8. The van der Waals surface area contributed by atoms with Crippen molar-refractivity contribution in [2.24, 2.45) is 0 Å². The summed E-state index contributed by atoms with van der Waals surface area (Å²) in [6, 6.07) is 9.83. The van der Waals surface area contributed by atoms with E-state index in [-0.39, 0.29) is 6.10 Å². The summed E-state index contributed by atoms with van der Waals surface area (Å²) in [5.74, 6) is 1.30. The summed E-state index contributed by atoms with van der Waals surface area (Å²) < 4.78 is 11.0. The zero-order chi connectivity index (χ0) is 14.5. The zero-order valence-corrected chi connectivity index (χ0v) is 12.2. The molecule has 2 heterocycles. The van der Waals surface area contributed by atoms with Crippen molar-refractivity contribution in [3.63, 3.8) is 0 Å². The summed E-state index contributed by atoms with van der Waals surface area (Å²) in [5.41, 5.74) is 0.950. The standard InChI is InChI=1S/C15H20N4O2/c1-16-9-13-10-19(7-8-20-13)11-14-17-15(21-18-14)12-5-3-2-4-6-12/h2-6,13,16H,7-11H2,1H3. The molecular weight excluding hydrogens is 268 g/mol. The van der Waals surface area contributed by atoms with E-state index in [4.69, 9.17) is 9.26 Å². The Morgan fingerprint density at radius 3 is 3.00 bits per heavy atom. The van der Waals surface area contributed by atoms with Crippen LogP contribution >= 0.6 is 0 Å². The molecule has 1 atom stereocenters. The van der Waals surface area contributed by atoms with Crippen molar-refractivity contribution in [3.8, 4) is 11.5 Å². The number of hydrogen-bond acceptors (Lipinski definition) is 6. The molecule has 1 N–H and O–H groups in total. The van der Waals surface area contributed by atoms with Gasteiger partial charge in [-0.25, -0.2) is 0 Å². The van der Waals surface area contributed by atoms with Gasteiger partial charge in [0.15, 0.2) is 5.82 Å². The molecule has 0 saturated carbocycles. The van der Waals surface area contributed by atoms with Gasteiger partial charge in [0.2, 0.25) is 0 Å². The van der Waals surface area contributed by atoms with Crippen molar-refractivity contribution in [2.75, 3.05) is 33.3 Å². The van der Waals surface area contributed by atoms with Crippen molar-refractivity contribution in [2.45, 2.75) is 12.6 Å². The molecule has 2 aromatic rings. The van der Waals surface area contributed by atoms with Crippen LogP contribution in [0.5, 0.6) is 0 Å². The van der Waals surface area contributed by atoms with Crippen LogP contribution in [0.2, 0.25) is 0 Å². The Hall–Kier alpha value is -1.76. The fraction of sp³-hybridized carbons (Fsp3) is 0.467. The number of likely N-dealkylation sites (N-methyl/N-ethyl adjacent to an activating group) is 1. The predicted octanol–water partition coefficient (Wildman–Crippen LogP) is 1.16. The number of benzene rings is 1. The van der Waals surface area contributed by atoms with Crippen LogP contribution in [0.25, 0.3) is 11.5 Å². The highest BCUT2D eigenvalue weighted by Crippen LogP contribution is 2.17. The van der Waals surface area contributed by atoms with E-state index in [0.717, 1.165) is 37.6 Å². The highest BCUT2D eigenvalue weighted by molar-refractivity contribution is 5.51. The highest BCUT2D eigenvalue weighted by atomic mass is 16.5. The highest BCUT2D eigenvalue weighted by Gasteiger charge is 2.21. The number of nitrogens with zero attached hydrogens (tertiary/aromatic N) is 3. The largest absolute Gasteiger partial charge is 0.374 e. The SMILES string of the molecule is CNCC1CN(Cc2noc(-c3ccccc3)n2)CCO1. The molecule has 1 saturated heterocycles. The number of hydrogen-bond donors (Lipinski definition) is 1. The molecule has 1 fully saturated rings. The topological polar surface area (TPSA) is 63.4 Å². The van der Waals surface area contributed by atoms with Crippen molar-refractivity contribution < 1.29 is 9.26 Å². The van der Waals surface area contributed by atoms with Crippen LogP contribution in [0.3, 0.4) is 0 Å². The van der Waals surface area contributed by atoms with Gasteiger partial charge in [-0.1, -0.05) is 23.4 Å². The van der Waals surface area contributed by atoms with E-state index in [1.165, 1.54) is 0 Å². The van der Waals surface area contributed by atoms with E-state index in [1.807, 2.05) is 37.4 Å². The second-order valence-electron chi connectivity index (χ2n) is 5.17. The maximum atomic E-state index is 5.69. The van der Waals surface area contributed by atoms with Gasteiger partial charge in [-0.15, -0.1) is 0 Å². The lowest BCUT2D eigenvalue weighted by Crippen LogP contribution is -2.45. The third-order valence-electron chi connectivity index (χ3n) is 3.51. The first-order chi connectivity index (χ1) is 10.3. The fourth-order valence-electron chi connectivity index (χ4n) is 2.49. The van der Waals surface area contributed by atoms with Gasteiger partial charge >= 0.3 is 0 Å².